The van der Waals surface area contributed by atoms with E-state index >= 15 is 0 Å². The number of alkyl halides is 3. The maximum atomic E-state index is 12.1. The minimum atomic E-state index is -4.20. The number of ether oxygens (including phenoxy) is 2. The van der Waals surface area contributed by atoms with Gasteiger partial charge in [0.1, 0.15) is 11.5 Å². The zero-order valence-corrected chi connectivity index (χ0v) is 10.3. The van der Waals surface area contributed by atoms with Crippen LogP contribution in [0.3, 0.4) is 0 Å². The topological polar surface area (TPSA) is 44.5 Å². The van der Waals surface area contributed by atoms with Gasteiger partial charge in [0.05, 0.1) is 14.2 Å². The third-order valence-corrected chi connectivity index (χ3v) is 2.58. The summed E-state index contributed by atoms with van der Waals surface area (Å²) in [6.07, 6.45) is -5.31. The molecule has 0 saturated carbocycles. The summed E-state index contributed by atoms with van der Waals surface area (Å²) < 4.78 is 46.5. The largest absolute Gasteiger partial charge is 0.497 e. The average Bonchev–Trinajstić information content (AvgIpc) is 2.34. The van der Waals surface area contributed by atoms with Gasteiger partial charge in [0, 0.05) is 18.0 Å². The quantitative estimate of drug-likeness (QED) is 0.888. The van der Waals surface area contributed by atoms with Crippen LogP contribution in [0.15, 0.2) is 18.2 Å². The molecule has 0 aliphatic carbocycles. The highest BCUT2D eigenvalue weighted by atomic mass is 19.4. The molecule has 1 aromatic rings. The lowest BCUT2D eigenvalue weighted by Crippen LogP contribution is -2.16. The van der Waals surface area contributed by atoms with Gasteiger partial charge in [0.2, 0.25) is 0 Å². The molecule has 6 heteroatoms. The summed E-state index contributed by atoms with van der Waals surface area (Å²) >= 11 is 0. The van der Waals surface area contributed by atoms with Gasteiger partial charge >= 0.3 is 6.18 Å². The van der Waals surface area contributed by atoms with Gasteiger partial charge in [-0.1, -0.05) is 0 Å². The number of methoxy groups -OCH3 is 2. The fourth-order valence-corrected chi connectivity index (χ4v) is 1.60. The third-order valence-electron chi connectivity index (χ3n) is 2.58. The Morgan fingerprint density at radius 2 is 1.89 bits per heavy atom. The summed E-state index contributed by atoms with van der Waals surface area (Å²) in [7, 11) is 2.93. The molecule has 1 rings (SSSR count). The maximum absolute atomic E-state index is 12.1. The van der Waals surface area contributed by atoms with Gasteiger partial charge in [-0.25, -0.2) is 0 Å². The molecule has 0 amide bonds. The molecule has 0 spiro atoms. The number of benzene rings is 1. The molecule has 3 nitrogen and oxygen atoms in total. The summed E-state index contributed by atoms with van der Waals surface area (Å²) in [5.41, 5.74) is 6.28. The van der Waals surface area contributed by atoms with Crippen LogP contribution in [0.25, 0.3) is 0 Å². The summed E-state index contributed by atoms with van der Waals surface area (Å²) in [6, 6.07) is 4.15. The Balaban J connectivity index is 2.85. The molecule has 0 unspecified atom stereocenters. The van der Waals surface area contributed by atoms with Crippen molar-refractivity contribution in [3.8, 4) is 11.5 Å². The lowest BCUT2D eigenvalue weighted by atomic mass is 10.0. The Morgan fingerprint density at radius 1 is 1.22 bits per heavy atom. The van der Waals surface area contributed by atoms with Gasteiger partial charge in [-0.3, -0.25) is 0 Å². The first kappa shape index (κ1) is 14.6. The molecule has 1 atom stereocenters. The number of hydrogen-bond donors (Lipinski definition) is 1. The molecule has 0 saturated heterocycles. The first-order chi connectivity index (χ1) is 8.37. The van der Waals surface area contributed by atoms with Crippen molar-refractivity contribution in [3.63, 3.8) is 0 Å². The van der Waals surface area contributed by atoms with E-state index < -0.39 is 18.6 Å². The fourth-order valence-electron chi connectivity index (χ4n) is 1.60. The van der Waals surface area contributed by atoms with Gasteiger partial charge in [0.15, 0.2) is 0 Å². The van der Waals surface area contributed by atoms with Gasteiger partial charge in [-0.15, -0.1) is 0 Å². The molecule has 18 heavy (non-hydrogen) atoms. The second-order valence-corrected chi connectivity index (χ2v) is 3.87. The van der Waals surface area contributed by atoms with Crippen molar-refractivity contribution in [2.24, 2.45) is 5.73 Å². The standard InChI is InChI=1S/C12H16F3NO2/c1-17-8-3-4-11(18-2)9(7-8)10(16)5-6-12(13,14)15/h3-4,7,10H,5-6,16H2,1-2H3/t10-/m1/s1. The Kier molecular flexibility index (Phi) is 4.84. The van der Waals surface area contributed by atoms with Gasteiger partial charge < -0.3 is 15.2 Å². The molecule has 0 aliphatic rings. The van der Waals surface area contributed by atoms with E-state index in [1.807, 2.05) is 0 Å². The molecule has 1 aromatic carbocycles. The van der Waals surface area contributed by atoms with Crippen molar-refractivity contribution >= 4 is 0 Å². The van der Waals surface area contributed by atoms with Crippen LogP contribution in [-0.4, -0.2) is 20.4 Å². The van der Waals surface area contributed by atoms with Crippen molar-refractivity contribution in [2.75, 3.05) is 14.2 Å². The smallest absolute Gasteiger partial charge is 0.389 e. The second kappa shape index (κ2) is 5.95. The summed E-state index contributed by atoms with van der Waals surface area (Å²) in [5, 5.41) is 0. The molecule has 0 radical (unpaired) electrons. The first-order valence-corrected chi connectivity index (χ1v) is 5.41. The van der Waals surface area contributed by atoms with E-state index in [2.05, 4.69) is 0 Å². The van der Waals surface area contributed by atoms with E-state index in [-0.39, 0.29) is 6.42 Å². The fraction of sp³-hybridized carbons (Fsp3) is 0.500. The molecule has 0 bridgehead atoms. The van der Waals surface area contributed by atoms with Crippen LogP contribution in [0.1, 0.15) is 24.4 Å². The number of halogens is 3. The summed E-state index contributed by atoms with van der Waals surface area (Å²) in [5.74, 6) is 0.999. The minimum Gasteiger partial charge on any atom is -0.497 e. The van der Waals surface area contributed by atoms with E-state index in [1.54, 1.807) is 18.2 Å². The molecule has 2 N–H and O–H groups in total. The van der Waals surface area contributed by atoms with Crippen LogP contribution in [0.2, 0.25) is 0 Å². The summed E-state index contributed by atoms with van der Waals surface area (Å²) in [6.45, 7) is 0. The molecule has 0 aliphatic heterocycles. The van der Waals surface area contributed by atoms with E-state index in [1.165, 1.54) is 14.2 Å². The van der Waals surface area contributed by atoms with E-state index in [9.17, 15) is 13.2 Å². The van der Waals surface area contributed by atoms with E-state index in [0.717, 1.165) is 0 Å². The second-order valence-electron chi connectivity index (χ2n) is 3.87. The maximum Gasteiger partial charge on any atom is 0.389 e. The number of nitrogens with two attached hydrogens (primary N) is 1. The first-order valence-electron chi connectivity index (χ1n) is 5.41. The van der Waals surface area contributed by atoms with Crippen LogP contribution >= 0.6 is 0 Å². The zero-order chi connectivity index (χ0) is 13.8. The van der Waals surface area contributed by atoms with Gasteiger partial charge in [0.25, 0.3) is 0 Å². The predicted molar refractivity (Wildman–Crippen MR) is 61.8 cm³/mol. The average molecular weight is 263 g/mol. The zero-order valence-electron chi connectivity index (χ0n) is 10.3. The summed E-state index contributed by atoms with van der Waals surface area (Å²) in [4.78, 5) is 0. The molecule has 0 fully saturated rings. The van der Waals surface area contributed by atoms with Crippen LogP contribution < -0.4 is 15.2 Å². The monoisotopic (exact) mass is 263 g/mol. The lowest BCUT2D eigenvalue weighted by Gasteiger charge is -2.17. The molecule has 0 aromatic heterocycles. The van der Waals surface area contributed by atoms with Crippen molar-refractivity contribution in [3.05, 3.63) is 23.8 Å². The number of rotatable bonds is 5. The highest BCUT2D eigenvalue weighted by molar-refractivity contribution is 5.42. The van der Waals surface area contributed by atoms with E-state index in [0.29, 0.717) is 17.1 Å². The highest BCUT2D eigenvalue weighted by Gasteiger charge is 2.28. The molecular formula is C12H16F3NO2. The molecule has 0 heterocycles. The van der Waals surface area contributed by atoms with Gasteiger partial charge in [-0.2, -0.15) is 13.2 Å². The Hall–Kier alpha value is -1.43. The third kappa shape index (κ3) is 4.10. The molecular weight excluding hydrogens is 247 g/mol. The van der Waals surface area contributed by atoms with Crippen LogP contribution in [0, 0.1) is 0 Å². The Morgan fingerprint density at radius 3 is 2.39 bits per heavy atom. The van der Waals surface area contributed by atoms with Crippen LogP contribution in [0.4, 0.5) is 13.2 Å². The van der Waals surface area contributed by atoms with Gasteiger partial charge in [-0.05, 0) is 24.6 Å². The van der Waals surface area contributed by atoms with E-state index in [4.69, 9.17) is 15.2 Å². The Bertz CT molecular complexity index is 393. The van der Waals surface area contributed by atoms with Crippen molar-refractivity contribution in [1.82, 2.24) is 0 Å². The van der Waals surface area contributed by atoms with Crippen molar-refractivity contribution < 1.29 is 22.6 Å². The minimum absolute atomic E-state index is 0.187. The molecule has 102 valence electrons. The lowest BCUT2D eigenvalue weighted by molar-refractivity contribution is -0.136. The Labute approximate surface area is 104 Å². The predicted octanol–water partition coefficient (Wildman–Crippen LogP) is 3.05. The van der Waals surface area contributed by atoms with Crippen LogP contribution in [0.5, 0.6) is 11.5 Å². The highest BCUT2D eigenvalue weighted by Crippen LogP contribution is 2.32. The SMILES string of the molecule is COc1ccc(OC)c([C@H](N)CCC(F)(F)F)c1. The van der Waals surface area contributed by atoms with Crippen molar-refractivity contribution in [2.45, 2.75) is 25.1 Å². The van der Waals surface area contributed by atoms with Crippen molar-refractivity contribution in [1.29, 1.82) is 0 Å². The normalized spacial score (nSPS) is 13.2. The van der Waals surface area contributed by atoms with Crippen LogP contribution in [-0.2, 0) is 0 Å². The number of hydrogen-bond acceptors (Lipinski definition) is 3.